The molecular formula is C10H12ClN3O4. The van der Waals surface area contributed by atoms with Gasteiger partial charge in [0.05, 0.1) is 25.6 Å². The summed E-state index contributed by atoms with van der Waals surface area (Å²) in [6, 6.07) is 4.82. The van der Waals surface area contributed by atoms with Gasteiger partial charge in [-0.1, -0.05) is 5.10 Å². The third kappa shape index (κ3) is 2.40. The molecule has 0 bridgehead atoms. The summed E-state index contributed by atoms with van der Waals surface area (Å²) in [5.41, 5.74) is 6.62. The summed E-state index contributed by atoms with van der Waals surface area (Å²) in [5, 5.41) is 3.82. The zero-order valence-corrected chi connectivity index (χ0v) is 10.6. The van der Waals surface area contributed by atoms with Crippen LogP contribution >= 0.6 is 12.4 Å². The fourth-order valence-electron chi connectivity index (χ4n) is 1.34. The lowest BCUT2D eigenvalue weighted by atomic mass is 10.2. The van der Waals surface area contributed by atoms with E-state index < -0.39 is 5.76 Å². The first-order chi connectivity index (χ1) is 8.15. The molecule has 0 saturated heterocycles. The molecule has 1 aromatic carbocycles. The second-order valence-electron chi connectivity index (χ2n) is 3.18. The summed E-state index contributed by atoms with van der Waals surface area (Å²) in [4.78, 5) is 11.5. The molecule has 0 saturated carbocycles. The van der Waals surface area contributed by atoms with E-state index in [1.165, 1.54) is 14.2 Å². The fourth-order valence-corrected chi connectivity index (χ4v) is 1.34. The lowest BCUT2D eigenvalue weighted by Gasteiger charge is -2.05. The van der Waals surface area contributed by atoms with E-state index in [0.29, 0.717) is 17.1 Å². The summed E-state index contributed by atoms with van der Waals surface area (Å²) in [6.07, 6.45) is -0.106. The highest BCUT2D eigenvalue weighted by Gasteiger charge is 2.11. The van der Waals surface area contributed by atoms with Crippen molar-refractivity contribution in [2.45, 2.75) is 0 Å². The minimum atomic E-state index is -0.645. The molecule has 2 rings (SSSR count). The maximum Gasteiger partial charge on any atom is 0.444 e. The van der Waals surface area contributed by atoms with E-state index in [1.807, 2.05) is 0 Å². The van der Waals surface area contributed by atoms with Crippen molar-refractivity contribution in [1.82, 2.24) is 9.78 Å². The zero-order valence-electron chi connectivity index (χ0n) is 9.75. The Balaban J connectivity index is 0.00000162. The predicted octanol–water partition coefficient (Wildman–Crippen LogP) is 0.847. The lowest BCUT2D eigenvalue weighted by molar-refractivity contribution is 0.282. The van der Waals surface area contributed by atoms with Crippen molar-refractivity contribution in [3.63, 3.8) is 0 Å². The van der Waals surface area contributed by atoms with E-state index in [9.17, 15) is 4.79 Å². The Morgan fingerprint density at radius 1 is 1.33 bits per heavy atom. The van der Waals surface area contributed by atoms with Crippen LogP contribution in [0.15, 0.2) is 27.4 Å². The van der Waals surface area contributed by atoms with Crippen molar-refractivity contribution in [2.75, 3.05) is 20.0 Å². The van der Waals surface area contributed by atoms with Crippen molar-refractivity contribution < 1.29 is 13.9 Å². The fraction of sp³-hybridized carbons (Fsp3) is 0.200. The largest absolute Gasteiger partial charge is 0.495 e. The molecule has 18 heavy (non-hydrogen) atoms. The molecule has 1 heterocycles. The number of ether oxygens (including phenoxy) is 2. The van der Waals surface area contributed by atoms with Gasteiger partial charge in [0.2, 0.25) is 0 Å². The van der Waals surface area contributed by atoms with E-state index >= 15 is 0 Å². The number of methoxy groups -OCH3 is 2. The SMILES string of the molecule is COc1nn(-c2ccc(N)c(OC)c2)c(=O)o1.Cl. The average molecular weight is 274 g/mol. The molecule has 8 heteroatoms. The molecule has 2 aromatic rings. The molecule has 0 amide bonds. The first-order valence-corrected chi connectivity index (χ1v) is 4.73. The Hall–Kier alpha value is -2.15. The van der Waals surface area contributed by atoms with Crippen molar-refractivity contribution in [2.24, 2.45) is 0 Å². The van der Waals surface area contributed by atoms with Gasteiger partial charge in [-0.05, 0) is 12.1 Å². The monoisotopic (exact) mass is 273 g/mol. The number of rotatable bonds is 3. The van der Waals surface area contributed by atoms with Gasteiger partial charge in [0.1, 0.15) is 5.75 Å². The van der Waals surface area contributed by atoms with Crippen molar-refractivity contribution in [1.29, 1.82) is 0 Å². The molecule has 0 radical (unpaired) electrons. The molecule has 0 aliphatic carbocycles. The summed E-state index contributed by atoms with van der Waals surface area (Å²) in [5.74, 6) is -0.190. The van der Waals surface area contributed by atoms with Crippen LogP contribution in [0.3, 0.4) is 0 Å². The maximum atomic E-state index is 11.5. The Bertz CT molecular complexity index is 593. The second-order valence-corrected chi connectivity index (χ2v) is 3.18. The zero-order chi connectivity index (χ0) is 12.4. The molecule has 0 atom stereocenters. The van der Waals surface area contributed by atoms with Gasteiger partial charge < -0.3 is 19.6 Å². The molecule has 0 aliphatic heterocycles. The van der Waals surface area contributed by atoms with Gasteiger partial charge in [0.15, 0.2) is 0 Å². The number of nitrogens with two attached hydrogens (primary N) is 1. The van der Waals surface area contributed by atoms with Gasteiger partial charge in [0.25, 0.3) is 0 Å². The molecule has 0 unspecified atom stereocenters. The molecule has 7 nitrogen and oxygen atoms in total. The van der Waals surface area contributed by atoms with Crippen LogP contribution < -0.4 is 21.0 Å². The Labute approximate surface area is 109 Å². The van der Waals surface area contributed by atoms with Gasteiger partial charge in [-0.15, -0.1) is 12.4 Å². The topological polar surface area (TPSA) is 92.5 Å². The quantitative estimate of drug-likeness (QED) is 0.833. The minimum Gasteiger partial charge on any atom is -0.495 e. The van der Waals surface area contributed by atoms with Gasteiger partial charge in [0, 0.05) is 6.07 Å². The predicted molar refractivity (Wildman–Crippen MR) is 66.9 cm³/mol. The van der Waals surface area contributed by atoms with Crippen LogP contribution in [0.1, 0.15) is 0 Å². The summed E-state index contributed by atoms with van der Waals surface area (Å²) >= 11 is 0. The highest BCUT2D eigenvalue weighted by molar-refractivity contribution is 5.85. The Morgan fingerprint density at radius 2 is 2.06 bits per heavy atom. The van der Waals surface area contributed by atoms with Crippen LogP contribution in [0.25, 0.3) is 5.69 Å². The smallest absolute Gasteiger partial charge is 0.444 e. The van der Waals surface area contributed by atoms with Crippen LogP contribution in [-0.2, 0) is 0 Å². The Morgan fingerprint density at radius 3 is 2.61 bits per heavy atom. The molecule has 0 fully saturated rings. The number of hydrogen-bond donors (Lipinski definition) is 1. The number of benzene rings is 1. The van der Waals surface area contributed by atoms with E-state index in [4.69, 9.17) is 19.6 Å². The highest BCUT2D eigenvalue weighted by Crippen LogP contribution is 2.23. The summed E-state index contributed by atoms with van der Waals surface area (Å²) in [7, 11) is 2.85. The van der Waals surface area contributed by atoms with Crippen molar-refractivity contribution >= 4 is 18.1 Å². The van der Waals surface area contributed by atoms with Gasteiger partial charge in [-0.2, -0.15) is 4.68 Å². The third-order valence-corrected chi connectivity index (χ3v) is 2.17. The summed E-state index contributed by atoms with van der Waals surface area (Å²) in [6.45, 7) is 0. The van der Waals surface area contributed by atoms with Crippen LogP contribution in [0.5, 0.6) is 11.8 Å². The van der Waals surface area contributed by atoms with Crippen LogP contribution in [-0.4, -0.2) is 24.0 Å². The second kappa shape index (κ2) is 5.46. The lowest BCUT2D eigenvalue weighted by Crippen LogP contribution is -2.13. The average Bonchev–Trinajstić information content (AvgIpc) is 2.71. The number of aromatic nitrogens is 2. The van der Waals surface area contributed by atoms with Gasteiger partial charge in [-0.3, -0.25) is 0 Å². The van der Waals surface area contributed by atoms with E-state index in [0.717, 1.165) is 4.68 Å². The third-order valence-electron chi connectivity index (χ3n) is 2.17. The maximum absolute atomic E-state index is 11.5. The van der Waals surface area contributed by atoms with Crippen LogP contribution in [0.4, 0.5) is 5.69 Å². The molecule has 2 N–H and O–H groups in total. The number of hydrogen-bond acceptors (Lipinski definition) is 6. The van der Waals surface area contributed by atoms with E-state index in [1.54, 1.807) is 18.2 Å². The first-order valence-electron chi connectivity index (χ1n) is 4.73. The molecule has 98 valence electrons. The number of nitrogens with zero attached hydrogens (tertiary/aromatic N) is 2. The van der Waals surface area contributed by atoms with Gasteiger partial charge >= 0.3 is 11.8 Å². The van der Waals surface area contributed by atoms with E-state index in [2.05, 4.69) is 5.10 Å². The summed E-state index contributed by atoms with van der Waals surface area (Å²) < 4.78 is 15.6. The minimum absolute atomic E-state index is 0. The molecular weight excluding hydrogens is 262 g/mol. The molecule has 0 aliphatic rings. The highest BCUT2D eigenvalue weighted by atomic mass is 35.5. The molecule has 1 aromatic heterocycles. The normalized spacial score (nSPS) is 9.67. The number of anilines is 1. The van der Waals surface area contributed by atoms with Crippen molar-refractivity contribution in [3.05, 3.63) is 28.7 Å². The first kappa shape index (κ1) is 13.9. The van der Waals surface area contributed by atoms with Crippen molar-refractivity contribution in [3.8, 4) is 17.5 Å². The number of halogens is 1. The van der Waals surface area contributed by atoms with Crippen LogP contribution in [0, 0.1) is 0 Å². The standard InChI is InChI=1S/C10H11N3O4.ClH/c1-15-8-5-6(3-4-7(8)11)13-10(14)17-9(12-13)16-2;/h3-5H,11H2,1-2H3;1H. The molecule has 0 spiro atoms. The van der Waals surface area contributed by atoms with Crippen LogP contribution in [0.2, 0.25) is 0 Å². The van der Waals surface area contributed by atoms with E-state index in [-0.39, 0.29) is 18.5 Å². The Kier molecular flexibility index (Phi) is 4.22. The van der Waals surface area contributed by atoms with Gasteiger partial charge in [-0.25, -0.2) is 4.79 Å². The number of nitrogen functional groups attached to an aromatic ring is 1.